The Morgan fingerprint density at radius 3 is 2.22 bits per heavy atom. The zero-order valence-electron chi connectivity index (χ0n) is 5.21. The molecule has 0 spiro atoms. The van der Waals surface area contributed by atoms with Crippen LogP contribution in [0.5, 0.6) is 0 Å². The van der Waals surface area contributed by atoms with Gasteiger partial charge in [0.05, 0.1) is 5.37 Å². The van der Waals surface area contributed by atoms with Crippen LogP contribution < -0.4 is 0 Å². The van der Waals surface area contributed by atoms with Crippen molar-refractivity contribution in [1.29, 1.82) is 0 Å². The van der Waals surface area contributed by atoms with Crippen molar-refractivity contribution in [2.45, 2.75) is 16.5 Å². The van der Waals surface area contributed by atoms with Gasteiger partial charge in [-0.2, -0.15) is 15.7 Å². The second-order valence-electron chi connectivity index (χ2n) is 1.50. The first-order valence-electron chi connectivity index (χ1n) is 2.38. The number of thiol groups is 1. The number of nitrogens with zero attached hydrogens (tertiary/aromatic N) is 1. The van der Waals surface area contributed by atoms with Gasteiger partial charge < -0.3 is 4.74 Å². The lowest BCUT2D eigenvalue weighted by atomic mass is 10.7. The quantitative estimate of drug-likeness (QED) is 0.204. The second kappa shape index (κ2) is 5.39. The van der Waals surface area contributed by atoms with Crippen molar-refractivity contribution in [1.82, 2.24) is 3.11 Å². The van der Waals surface area contributed by atoms with E-state index < -0.39 is 0 Å². The minimum atomic E-state index is 0.107. The zero-order valence-corrected chi connectivity index (χ0v) is 10.4. The predicted octanol–water partition coefficient (Wildman–Crippen LogP) is 2.28. The van der Waals surface area contributed by atoms with Gasteiger partial charge in [0.1, 0.15) is 0 Å². The van der Waals surface area contributed by atoms with Crippen molar-refractivity contribution in [2.24, 2.45) is 0 Å². The molecular formula is C4H9I2NOS. The van der Waals surface area contributed by atoms with Gasteiger partial charge in [0.2, 0.25) is 0 Å². The Kier molecular flexibility index (Phi) is 6.43. The average molecular weight is 373 g/mol. The number of alkyl halides is 1. The Bertz CT molecular complexity index is 83.0. The van der Waals surface area contributed by atoms with E-state index in [1.54, 1.807) is 7.11 Å². The molecule has 0 amide bonds. The first kappa shape index (κ1) is 10.7. The van der Waals surface area contributed by atoms with Crippen LogP contribution in [0.4, 0.5) is 0 Å². The summed E-state index contributed by atoms with van der Waals surface area (Å²) in [6.45, 7) is 2.00. The number of ether oxygens (including phenoxy) is 1. The van der Waals surface area contributed by atoms with Crippen LogP contribution in [0.2, 0.25) is 0 Å². The van der Waals surface area contributed by atoms with E-state index in [0.717, 1.165) is 0 Å². The maximum atomic E-state index is 5.03. The summed E-state index contributed by atoms with van der Waals surface area (Å²) in [5.74, 6) is 0. The van der Waals surface area contributed by atoms with E-state index in [4.69, 9.17) is 4.74 Å². The fourth-order valence-corrected chi connectivity index (χ4v) is 1.36. The third kappa shape index (κ3) is 4.23. The highest BCUT2D eigenvalue weighted by molar-refractivity contribution is 14.1. The third-order valence-electron chi connectivity index (χ3n) is 0.745. The SMILES string of the molecule is COC(I)N(I)C(C)S. The Balaban J connectivity index is 3.58. The van der Waals surface area contributed by atoms with Crippen molar-refractivity contribution < 1.29 is 4.74 Å². The number of rotatable bonds is 3. The van der Waals surface area contributed by atoms with Crippen LogP contribution in [0, 0.1) is 0 Å². The molecule has 0 heterocycles. The summed E-state index contributed by atoms with van der Waals surface area (Å²) in [5, 5.41) is 0.229. The lowest BCUT2D eigenvalue weighted by Gasteiger charge is -2.21. The van der Waals surface area contributed by atoms with Crippen LogP contribution in [0.3, 0.4) is 0 Å². The van der Waals surface area contributed by atoms with Gasteiger partial charge >= 0.3 is 0 Å². The smallest absolute Gasteiger partial charge is 0.171 e. The molecule has 0 aromatic heterocycles. The van der Waals surface area contributed by atoms with E-state index in [2.05, 4.69) is 58.1 Å². The first-order valence-corrected chi connectivity index (χ1v) is 5.11. The molecule has 56 valence electrons. The normalized spacial score (nSPS) is 18.0. The number of halogens is 2. The summed E-state index contributed by atoms with van der Waals surface area (Å²) in [4.78, 5) is 0. The molecule has 2 unspecified atom stereocenters. The molecule has 0 aromatic carbocycles. The highest BCUT2D eigenvalue weighted by Crippen LogP contribution is 2.19. The molecule has 2 atom stereocenters. The molecule has 0 saturated heterocycles. The van der Waals surface area contributed by atoms with Crippen LogP contribution in [0.15, 0.2) is 0 Å². The summed E-state index contributed by atoms with van der Waals surface area (Å²) in [6.07, 6.45) is 0. The van der Waals surface area contributed by atoms with Crippen LogP contribution >= 0.6 is 58.1 Å². The molecule has 5 heteroatoms. The highest BCUT2D eigenvalue weighted by Gasteiger charge is 2.13. The molecule has 0 aliphatic rings. The van der Waals surface area contributed by atoms with Crippen molar-refractivity contribution in [3.05, 3.63) is 0 Å². The molecule has 0 aliphatic carbocycles. The fourth-order valence-electron chi connectivity index (χ4n) is 0.270. The summed E-state index contributed by atoms with van der Waals surface area (Å²) < 4.78 is 7.12. The van der Waals surface area contributed by atoms with Crippen molar-refractivity contribution in [3.63, 3.8) is 0 Å². The molecule has 0 aliphatic heterocycles. The fraction of sp³-hybridized carbons (Fsp3) is 1.00. The van der Waals surface area contributed by atoms with Gasteiger partial charge in [-0.25, -0.2) is 0 Å². The monoisotopic (exact) mass is 373 g/mol. The van der Waals surface area contributed by atoms with Gasteiger partial charge in [0.25, 0.3) is 0 Å². The molecule has 0 aromatic rings. The maximum Gasteiger partial charge on any atom is 0.171 e. The summed E-state index contributed by atoms with van der Waals surface area (Å²) in [7, 11) is 1.68. The van der Waals surface area contributed by atoms with Crippen LogP contribution in [-0.2, 0) is 4.74 Å². The Hall–Kier alpha value is 1.73. The summed E-state index contributed by atoms with van der Waals surface area (Å²) in [6, 6.07) is 0. The van der Waals surface area contributed by atoms with Gasteiger partial charge in [-0.15, -0.1) is 0 Å². The van der Waals surface area contributed by atoms with Crippen LogP contribution in [-0.4, -0.2) is 19.8 Å². The van der Waals surface area contributed by atoms with Gasteiger partial charge in [0.15, 0.2) is 4.23 Å². The molecule has 0 saturated carbocycles. The summed E-state index contributed by atoms with van der Waals surface area (Å²) >= 11 is 8.60. The van der Waals surface area contributed by atoms with E-state index in [1.165, 1.54) is 0 Å². The largest absolute Gasteiger partial charge is 0.356 e. The van der Waals surface area contributed by atoms with Gasteiger partial charge in [-0.3, -0.25) is 0 Å². The minimum Gasteiger partial charge on any atom is -0.356 e. The van der Waals surface area contributed by atoms with E-state index in [9.17, 15) is 0 Å². The second-order valence-corrected chi connectivity index (χ2v) is 4.43. The molecule has 0 rings (SSSR count). The van der Waals surface area contributed by atoms with Crippen molar-refractivity contribution in [3.8, 4) is 0 Å². The lowest BCUT2D eigenvalue weighted by Crippen LogP contribution is -2.26. The minimum absolute atomic E-state index is 0.107. The number of methoxy groups -OCH3 is 1. The van der Waals surface area contributed by atoms with Gasteiger partial charge in [-0.05, 0) is 29.5 Å². The lowest BCUT2D eigenvalue weighted by molar-refractivity contribution is 0.115. The number of hydrogen-bond donors (Lipinski definition) is 1. The molecule has 2 nitrogen and oxygen atoms in total. The Labute approximate surface area is 88.7 Å². The van der Waals surface area contributed by atoms with Crippen molar-refractivity contribution in [2.75, 3.05) is 7.11 Å². The van der Waals surface area contributed by atoms with E-state index >= 15 is 0 Å². The predicted molar refractivity (Wildman–Crippen MR) is 59.1 cm³/mol. The molecule has 0 bridgehead atoms. The Morgan fingerprint density at radius 1 is 1.67 bits per heavy atom. The van der Waals surface area contributed by atoms with E-state index in [-0.39, 0.29) is 9.61 Å². The standard InChI is InChI=1S/C4H9I2NOS/c1-3(9)7(6)4(5)8-2/h3-4,9H,1-2H3. The number of hydrogen-bond acceptors (Lipinski definition) is 3. The third-order valence-corrected chi connectivity index (χ3v) is 4.95. The van der Waals surface area contributed by atoms with Gasteiger partial charge in [0, 0.05) is 30.0 Å². The molecule has 0 fully saturated rings. The summed E-state index contributed by atoms with van der Waals surface area (Å²) in [5.41, 5.74) is 0. The highest BCUT2D eigenvalue weighted by atomic mass is 127. The first-order chi connectivity index (χ1) is 4.09. The van der Waals surface area contributed by atoms with Crippen molar-refractivity contribution >= 4 is 58.1 Å². The maximum absolute atomic E-state index is 5.03. The molecule has 0 radical (unpaired) electrons. The molecule has 0 N–H and O–H groups in total. The Morgan fingerprint density at radius 2 is 2.11 bits per heavy atom. The molecule has 9 heavy (non-hydrogen) atoms. The van der Waals surface area contributed by atoms with Crippen LogP contribution in [0.1, 0.15) is 6.92 Å². The average Bonchev–Trinajstić information content (AvgIpc) is 1.84. The topological polar surface area (TPSA) is 12.5 Å². The zero-order chi connectivity index (χ0) is 7.44. The molecular weight excluding hydrogens is 364 g/mol. The van der Waals surface area contributed by atoms with E-state index in [1.807, 2.05) is 10.0 Å². The van der Waals surface area contributed by atoms with Gasteiger partial charge in [-0.1, -0.05) is 0 Å². The van der Waals surface area contributed by atoms with E-state index in [0.29, 0.717) is 0 Å². The van der Waals surface area contributed by atoms with Crippen LogP contribution in [0.25, 0.3) is 0 Å².